The summed E-state index contributed by atoms with van der Waals surface area (Å²) in [6.07, 6.45) is 14.0. The van der Waals surface area contributed by atoms with Crippen LogP contribution < -0.4 is 11.1 Å². The lowest BCUT2D eigenvalue weighted by Crippen LogP contribution is -2.16. The second-order valence-corrected chi connectivity index (χ2v) is 9.04. The number of benzene rings is 2. The van der Waals surface area contributed by atoms with Crippen molar-refractivity contribution in [1.82, 2.24) is 5.32 Å². The van der Waals surface area contributed by atoms with Crippen LogP contribution in [0.1, 0.15) is 80.7 Å². The molecule has 0 aliphatic heterocycles. The minimum absolute atomic E-state index is 0.406. The molecule has 0 aromatic heterocycles. The SMILES string of the molecule is CC.CCCCNC1=CCC(C2=C(c3ccc(N)cc3)CCCc3c2ccc(C)c3C)C=C1. The average molecular weight is 443 g/mol. The summed E-state index contributed by atoms with van der Waals surface area (Å²) in [4.78, 5) is 0. The molecule has 0 radical (unpaired) electrons. The lowest BCUT2D eigenvalue weighted by molar-refractivity contribution is 0.706. The van der Waals surface area contributed by atoms with Gasteiger partial charge in [-0.3, -0.25) is 0 Å². The molecule has 2 aliphatic rings. The second kappa shape index (κ2) is 11.9. The maximum absolute atomic E-state index is 6.00. The van der Waals surface area contributed by atoms with Crippen LogP contribution in [0.2, 0.25) is 0 Å². The molecule has 2 aromatic rings. The summed E-state index contributed by atoms with van der Waals surface area (Å²) in [6.45, 7) is 11.8. The summed E-state index contributed by atoms with van der Waals surface area (Å²) in [5, 5.41) is 3.59. The Bertz CT molecular complexity index is 1020. The molecule has 1 unspecified atom stereocenters. The van der Waals surface area contributed by atoms with Crippen LogP contribution in [0.4, 0.5) is 5.69 Å². The van der Waals surface area contributed by atoms with Crippen LogP contribution in [0.5, 0.6) is 0 Å². The second-order valence-electron chi connectivity index (χ2n) is 9.04. The number of anilines is 1. The number of fused-ring (bicyclic) bond motifs is 1. The molecular formula is C31H42N2. The Labute approximate surface area is 201 Å². The number of nitrogen functional groups attached to an aromatic ring is 1. The molecule has 0 spiro atoms. The van der Waals surface area contributed by atoms with E-state index in [9.17, 15) is 0 Å². The van der Waals surface area contributed by atoms with E-state index >= 15 is 0 Å². The normalized spacial score (nSPS) is 17.5. The Kier molecular flexibility index (Phi) is 9.00. The molecule has 0 fully saturated rings. The minimum Gasteiger partial charge on any atom is -0.399 e. The van der Waals surface area contributed by atoms with Gasteiger partial charge in [0.2, 0.25) is 0 Å². The van der Waals surface area contributed by atoms with Crippen molar-refractivity contribution in [2.24, 2.45) is 5.92 Å². The van der Waals surface area contributed by atoms with Crippen molar-refractivity contribution in [3.05, 3.63) is 88.1 Å². The van der Waals surface area contributed by atoms with Crippen LogP contribution in [0.25, 0.3) is 11.1 Å². The van der Waals surface area contributed by atoms with Crippen molar-refractivity contribution in [2.45, 2.75) is 73.1 Å². The standard InChI is InChI=1S/C29H36N2.C2H6/c1-4-5-19-31-25-16-12-23(13-17-25)29-27(22-10-14-24(30)15-11-22)8-6-7-26-21(3)20(2)9-18-28(26)29;1-2/h9-12,14-18,23,31H,4-8,13,19,30H2,1-3H3;1-2H3. The first-order valence-corrected chi connectivity index (χ1v) is 12.9. The maximum atomic E-state index is 6.00. The smallest absolute Gasteiger partial charge is 0.0314 e. The molecular weight excluding hydrogens is 400 g/mol. The van der Waals surface area contributed by atoms with Crippen molar-refractivity contribution in [2.75, 3.05) is 12.3 Å². The molecule has 0 bridgehead atoms. The van der Waals surface area contributed by atoms with Crippen LogP contribution >= 0.6 is 0 Å². The van der Waals surface area contributed by atoms with Crippen molar-refractivity contribution in [1.29, 1.82) is 0 Å². The molecule has 3 N–H and O–H groups in total. The zero-order chi connectivity index (χ0) is 23.8. The van der Waals surface area contributed by atoms with Gasteiger partial charge in [-0.2, -0.15) is 0 Å². The number of rotatable bonds is 6. The Morgan fingerprint density at radius 1 is 1.00 bits per heavy atom. The first-order chi connectivity index (χ1) is 16.1. The lowest BCUT2D eigenvalue weighted by Gasteiger charge is -2.25. The molecule has 0 amide bonds. The van der Waals surface area contributed by atoms with E-state index in [1.807, 2.05) is 26.0 Å². The third kappa shape index (κ3) is 5.79. The quantitative estimate of drug-likeness (QED) is 0.351. The van der Waals surface area contributed by atoms with Crippen molar-refractivity contribution in [3.8, 4) is 0 Å². The van der Waals surface area contributed by atoms with Crippen molar-refractivity contribution in [3.63, 3.8) is 0 Å². The topological polar surface area (TPSA) is 38.0 Å². The Morgan fingerprint density at radius 2 is 1.76 bits per heavy atom. The van der Waals surface area contributed by atoms with E-state index in [1.165, 1.54) is 58.4 Å². The number of hydrogen-bond acceptors (Lipinski definition) is 2. The zero-order valence-corrected chi connectivity index (χ0v) is 21.3. The van der Waals surface area contributed by atoms with E-state index in [0.29, 0.717) is 5.92 Å². The molecule has 2 aromatic carbocycles. The highest BCUT2D eigenvalue weighted by atomic mass is 14.9. The molecule has 0 saturated heterocycles. The molecule has 4 rings (SSSR count). The first kappa shape index (κ1) is 24.9. The summed E-state index contributed by atoms with van der Waals surface area (Å²) < 4.78 is 0. The Balaban J connectivity index is 0.00000149. The van der Waals surface area contributed by atoms with Crippen LogP contribution in [-0.4, -0.2) is 6.54 Å². The van der Waals surface area contributed by atoms with Crippen molar-refractivity contribution < 1.29 is 0 Å². The van der Waals surface area contributed by atoms with Gasteiger partial charge >= 0.3 is 0 Å². The number of hydrogen-bond donors (Lipinski definition) is 2. The summed E-state index contributed by atoms with van der Waals surface area (Å²) in [5.41, 5.74) is 18.3. The van der Waals surface area contributed by atoms with Gasteiger partial charge in [-0.1, -0.05) is 63.6 Å². The first-order valence-electron chi connectivity index (χ1n) is 12.9. The number of aryl methyl sites for hydroxylation is 1. The van der Waals surface area contributed by atoms with E-state index in [4.69, 9.17) is 5.73 Å². The number of unbranched alkanes of at least 4 members (excludes halogenated alkanes) is 1. The molecule has 0 saturated carbocycles. The van der Waals surface area contributed by atoms with Crippen molar-refractivity contribution >= 4 is 16.8 Å². The van der Waals surface area contributed by atoms with E-state index in [1.54, 1.807) is 5.56 Å². The summed E-state index contributed by atoms with van der Waals surface area (Å²) in [6, 6.07) is 13.2. The highest BCUT2D eigenvalue weighted by molar-refractivity contribution is 5.94. The van der Waals surface area contributed by atoms with Gasteiger partial charge in [0.1, 0.15) is 0 Å². The Hall–Kier alpha value is -2.74. The molecule has 2 aliphatic carbocycles. The zero-order valence-electron chi connectivity index (χ0n) is 21.3. The van der Waals surface area contributed by atoms with Gasteiger partial charge < -0.3 is 11.1 Å². The predicted octanol–water partition coefficient (Wildman–Crippen LogP) is 8.01. The van der Waals surface area contributed by atoms with Gasteiger partial charge in [0, 0.05) is 23.8 Å². The number of allylic oxidation sites excluding steroid dienone is 5. The Morgan fingerprint density at radius 3 is 2.42 bits per heavy atom. The highest BCUT2D eigenvalue weighted by Gasteiger charge is 2.25. The van der Waals surface area contributed by atoms with Gasteiger partial charge in [0.25, 0.3) is 0 Å². The summed E-state index contributed by atoms with van der Waals surface area (Å²) in [7, 11) is 0. The van der Waals surface area contributed by atoms with Gasteiger partial charge in [-0.15, -0.1) is 0 Å². The van der Waals surface area contributed by atoms with Gasteiger partial charge in [0.05, 0.1) is 0 Å². The summed E-state index contributed by atoms with van der Waals surface area (Å²) in [5.74, 6) is 0.406. The fourth-order valence-corrected chi connectivity index (χ4v) is 4.97. The largest absolute Gasteiger partial charge is 0.399 e. The van der Waals surface area contributed by atoms with Crippen LogP contribution in [0, 0.1) is 19.8 Å². The lowest BCUT2D eigenvalue weighted by atomic mass is 9.80. The minimum atomic E-state index is 0.406. The molecule has 0 heterocycles. The third-order valence-corrected chi connectivity index (χ3v) is 6.93. The van der Waals surface area contributed by atoms with E-state index in [-0.39, 0.29) is 0 Å². The van der Waals surface area contributed by atoms with Crippen LogP contribution in [-0.2, 0) is 6.42 Å². The number of nitrogens with one attached hydrogen (secondary N) is 1. The van der Waals surface area contributed by atoms with Gasteiger partial charge in [-0.25, -0.2) is 0 Å². The number of nitrogens with two attached hydrogens (primary N) is 1. The van der Waals surface area contributed by atoms with E-state index in [2.05, 4.69) is 68.6 Å². The fraction of sp³-hybridized carbons (Fsp3) is 0.419. The van der Waals surface area contributed by atoms with Crippen LogP contribution in [0.3, 0.4) is 0 Å². The van der Waals surface area contributed by atoms with E-state index < -0.39 is 0 Å². The molecule has 2 nitrogen and oxygen atoms in total. The molecule has 33 heavy (non-hydrogen) atoms. The monoisotopic (exact) mass is 442 g/mol. The predicted molar refractivity (Wildman–Crippen MR) is 146 cm³/mol. The van der Waals surface area contributed by atoms with Gasteiger partial charge in [0.15, 0.2) is 0 Å². The van der Waals surface area contributed by atoms with Gasteiger partial charge in [-0.05, 0) is 103 Å². The fourth-order valence-electron chi connectivity index (χ4n) is 4.97. The molecule has 176 valence electrons. The maximum Gasteiger partial charge on any atom is 0.0314 e. The molecule has 2 heteroatoms. The average Bonchev–Trinajstić information content (AvgIpc) is 3.04. The molecule has 1 atom stereocenters. The van der Waals surface area contributed by atoms with E-state index in [0.717, 1.165) is 31.5 Å². The van der Waals surface area contributed by atoms with Crippen LogP contribution in [0.15, 0.2) is 60.3 Å². The summed E-state index contributed by atoms with van der Waals surface area (Å²) >= 11 is 0. The third-order valence-electron chi connectivity index (χ3n) is 6.93. The highest BCUT2D eigenvalue weighted by Crippen LogP contribution is 2.43.